The topological polar surface area (TPSA) is 30.7 Å². The van der Waals surface area contributed by atoms with Crippen LogP contribution in [0.1, 0.15) is 18.9 Å². The smallest absolute Gasteiger partial charge is 0.184 e. The number of imidazole rings is 1. The summed E-state index contributed by atoms with van der Waals surface area (Å²) in [7, 11) is 0. The Kier molecular flexibility index (Phi) is 2.54. The van der Waals surface area contributed by atoms with Crippen molar-refractivity contribution >= 4 is 11.0 Å². The van der Waals surface area contributed by atoms with Gasteiger partial charge in [0.05, 0.1) is 11.7 Å². The van der Waals surface area contributed by atoms with Crippen LogP contribution in [0, 0.1) is 17.5 Å². The highest BCUT2D eigenvalue weighted by Crippen LogP contribution is 2.42. The van der Waals surface area contributed by atoms with Gasteiger partial charge in [0, 0.05) is 17.8 Å². The van der Waals surface area contributed by atoms with E-state index in [2.05, 4.69) is 9.97 Å². The Labute approximate surface area is 118 Å². The molecule has 2 aromatic heterocycles. The summed E-state index contributed by atoms with van der Waals surface area (Å²) in [6.45, 7) is 0. The van der Waals surface area contributed by atoms with Crippen molar-refractivity contribution in [3.05, 3.63) is 48.0 Å². The Morgan fingerprint density at radius 2 is 1.90 bits per heavy atom. The Bertz CT molecular complexity index is 853. The highest BCUT2D eigenvalue weighted by atomic mass is 19.2. The number of pyridine rings is 1. The lowest BCUT2D eigenvalue weighted by Crippen LogP contribution is -2.00. The van der Waals surface area contributed by atoms with Crippen molar-refractivity contribution in [1.29, 1.82) is 0 Å². The maximum atomic E-state index is 14.1. The van der Waals surface area contributed by atoms with Gasteiger partial charge in [0.1, 0.15) is 17.2 Å². The highest BCUT2D eigenvalue weighted by molar-refractivity contribution is 5.81. The second kappa shape index (κ2) is 4.31. The zero-order valence-electron chi connectivity index (χ0n) is 10.9. The Morgan fingerprint density at radius 3 is 2.62 bits per heavy atom. The lowest BCUT2D eigenvalue weighted by atomic mass is 10.2. The molecule has 2 heterocycles. The maximum Gasteiger partial charge on any atom is 0.184 e. The molecule has 0 N–H and O–H groups in total. The average Bonchev–Trinajstić information content (AvgIpc) is 3.23. The van der Waals surface area contributed by atoms with E-state index in [0.717, 1.165) is 25.1 Å². The molecule has 0 atom stereocenters. The fraction of sp³-hybridized carbons (Fsp3) is 0.200. The number of rotatable bonds is 2. The predicted molar refractivity (Wildman–Crippen MR) is 71.1 cm³/mol. The van der Waals surface area contributed by atoms with Crippen molar-refractivity contribution in [2.24, 2.45) is 0 Å². The van der Waals surface area contributed by atoms with E-state index in [9.17, 15) is 13.2 Å². The summed E-state index contributed by atoms with van der Waals surface area (Å²) < 4.78 is 42.7. The van der Waals surface area contributed by atoms with E-state index in [4.69, 9.17) is 0 Å². The van der Waals surface area contributed by atoms with Crippen molar-refractivity contribution in [3.8, 4) is 11.4 Å². The highest BCUT2D eigenvalue weighted by Gasteiger charge is 2.30. The third-order valence-electron chi connectivity index (χ3n) is 3.62. The first-order valence-electron chi connectivity index (χ1n) is 6.62. The lowest BCUT2D eigenvalue weighted by molar-refractivity contribution is 0.511. The summed E-state index contributed by atoms with van der Waals surface area (Å²) >= 11 is 0. The summed E-state index contributed by atoms with van der Waals surface area (Å²) in [4.78, 5) is 8.13. The van der Waals surface area contributed by atoms with Crippen LogP contribution >= 0.6 is 0 Å². The molecule has 0 bridgehead atoms. The average molecular weight is 289 g/mol. The van der Waals surface area contributed by atoms with Crippen LogP contribution in [-0.4, -0.2) is 14.5 Å². The first-order valence-corrected chi connectivity index (χ1v) is 6.62. The van der Waals surface area contributed by atoms with Gasteiger partial charge < -0.3 is 4.57 Å². The Balaban J connectivity index is 2.05. The van der Waals surface area contributed by atoms with Gasteiger partial charge in [-0.15, -0.1) is 0 Å². The SMILES string of the molecule is Fc1cncc(-c2nc3ccc(F)c(F)c3n2C2CC2)c1. The van der Waals surface area contributed by atoms with Crippen LogP contribution in [0.25, 0.3) is 22.4 Å². The van der Waals surface area contributed by atoms with Crippen LogP contribution in [0.5, 0.6) is 0 Å². The number of halogens is 3. The number of fused-ring (bicyclic) bond motifs is 1. The van der Waals surface area contributed by atoms with Crippen molar-refractivity contribution in [2.75, 3.05) is 0 Å². The first kappa shape index (κ1) is 12.4. The molecule has 4 rings (SSSR count). The molecule has 106 valence electrons. The molecule has 0 radical (unpaired) electrons. The Hall–Kier alpha value is -2.37. The molecular formula is C15H10F3N3. The van der Waals surface area contributed by atoms with E-state index >= 15 is 0 Å². The third kappa shape index (κ3) is 1.90. The summed E-state index contributed by atoms with van der Waals surface area (Å²) in [5, 5.41) is 0. The molecular weight excluding hydrogens is 279 g/mol. The zero-order chi connectivity index (χ0) is 14.6. The van der Waals surface area contributed by atoms with Crippen LogP contribution in [0.2, 0.25) is 0 Å². The largest absolute Gasteiger partial charge is 0.318 e. The molecule has 0 amide bonds. The van der Waals surface area contributed by atoms with Crippen LogP contribution in [-0.2, 0) is 0 Å². The van der Waals surface area contributed by atoms with Gasteiger partial charge in [0.25, 0.3) is 0 Å². The lowest BCUT2D eigenvalue weighted by Gasteiger charge is -2.08. The van der Waals surface area contributed by atoms with Crippen molar-refractivity contribution in [3.63, 3.8) is 0 Å². The summed E-state index contributed by atoms with van der Waals surface area (Å²) in [6, 6.07) is 3.85. The molecule has 6 heteroatoms. The van der Waals surface area contributed by atoms with Crippen LogP contribution in [0.3, 0.4) is 0 Å². The van der Waals surface area contributed by atoms with Gasteiger partial charge in [-0.05, 0) is 31.0 Å². The van der Waals surface area contributed by atoms with Crippen molar-refractivity contribution in [1.82, 2.24) is 14.5 Å². The number of benzene rings is 1. The number of hydrogen-bond donors (Lipinski definition) is 0. The second-order valence-electron chi connectivity index (χ2n) is 5.16. The van der Waals surface area contributed by atoms with Crippen LogP contribution < -0.4 is 0 Å². The minimum Gasteiger partial charge on any atom is -0.318 e. The van der Waals surface area contributed by atoms with Crippen LogP contribution in [0.15, 0.2) is 30.6 Å². The minimum absolute atomic E-state index is 0.0737. The number of hydrogen-bond acceptors (Lipinski definition) is 2. The van der Waals surface area contributed by atoms with Crippen molar-refractivity contribution < 1.29 is 13.2 Å². The molecule has 1 saturated carbocycles. The van der Waals surface area contributed by atoms with E-state index in [-0.39, 0.29) is 11.6 Å². The molecule has 0 aliphatic heterocycles. The summed E-state index contributed by atoms with van der Waals surface area (Å²) in [5.41, 5.74) is 0.953. The van der Waals surface area contributed by atoms with E-state index in [0.29, 0.717) is 16.9 Å². The van der Waals surface area contributed by atoms with Crippen molar-refractivity contribution in [2.45, 2.75) is 18.9 Å². The standard InChI is InChI=1S/C15H10F3N3/c16-9-5-8(6-19-7-9)15-20-12-4-3-11(17)13(18)14(12)21(15)10-1-2-10/h3-7,10H,1-2H2. The Morgan fingerprint density at radius 1 is 1.10 bits per heavy atom. The van der Waals surface area contributed by atoms with Gasteiger partial charge in [-0.1, -0.05) is 0 Å². The van der Waals surface area contributed by atoms with E-state index in [1.165, 1.54) is 18.3 Å². The molecule has 0 saturated heterocycles. The number of aromatic nitrogens is 3. The third-order valence-corrected chi connectivity index (χ3v) is 3.62. The van der Waals surface area contributed by atoms with E-state index < -0.39 is 17.5 Å². The summed E-state index contributed by atoms with van der Waals surface area (Å²) in [6.07, 6.45) is 4.31. The monoisotopic (exact) mass is 289 g/mol. The minimum atomic E-state index is -0.914. The second-order valence-corrected chi connectivity index (χ2v) is 5.16. The normalized spacial score (nSPS) is 14.8. The maximum absolute atomic E-state index is 14.1. The van der Waals surface area contributed by atoms with E-state index in [1.807, 2.05) is 0 Å². The molecule has 1 aromatic carbocycles. The molecule has 3 aromatic rings. The van der Waals surface area contributed by atoms with E-state index in [1.54, 1.807) is 4.57 Å². The molecule has 0 spiro atoms. The number of nitrogens with zero attached hydrogens (tertiary/aromatic N) is 3. The molecule has 1 aliphatic carbocycles. The van der Waals surface area contributed by atoms with Gasteiger partial charge in [-0.3, -0.25) is 4.98 Å². The molecule has 21 heavy (non-hydrogen) atoms. The molecule has 1 aliphatic rings. The van der Waals surface area contributed by atoms with Gasteiger partial charge in [-0.25, -0.2) is 18.2 Å². The molecule has 0 unspecified atom stereocenters. The quantitative estimate of drug-likeness (QED) is 0.717. The van der Waals surface area contributed by atoms with Gasteiger partial charge >= 0.3 is 0 Å². The zero-order valence-corrected chi connectivity index (χ0v) is 10.9. The van der Waals surface area contributed by atoms with Gasteiger partial charge in [0.15, 0.2) is 11.6 Å². The molecule has 3 nitrogen and oxygen atoms in total. The molecule has 1 fully saturated rings. The predicted octanol–water partition coefficient (Wildman–Crippen LogP) is 3.85. The van der Waals surface area contributed by atoms with Gasteiger partial charge in [0.2, 0.25) is 0 Å². The van der Waals surface area contributed by atoms with Gasteiger partial charge in [-0.2, -0.15) is 0 Å². The fourth-order valence-electron chi connectivity index (χ4n) is 2.55. The van der Waals surface area contributed by atoms with Crippen LogP contribution in [0.4, 0.5) is 13.2 Å². The first-order chi connectivity index (χ1) is 10.1. The fourth-order valence-corrected chi connectivity index (χ4v) is 2.55. The summed E-state index contributed by atoms with van der Waals surface area (Å²) in [5.74, 6) is -1.90.